The predicted octanol–water partition coefficient (Wildman–Crippen LogP) is 2.32. The van der Waals surface area contributed by atoms with Crippen LogP contribution >= 0.6 is 18.1 Å². The molecule has 0 saturated carbocycles. The normalized spacial score (nSPS) is 17.3. The number of halogens is 1. The molecule has 0 aliphatic heterocycles. The molecular formula is C5H13ClNO2P. The van der Waals surface area contributed by atoms with Crippen LogP contribution < -0.4 is 0 Å². The minimum Gasteiger partial charge on any atom is -0.306 e. The van der Waals surface area contributed by atoms with Crippen molar-refractivity contribution in [1.82, 2.24) is 4.67 Å². The van der Waals surface area contributed by atoms with E-state index in [2.05, 4.69) is 0 Å². The Morgan fingerprint density at radius 2 is 2.10 bits per heavy atom. The second-order valence-corrected chi connectivity index (χ2v) is 5.37. The molecule has 0 bridgehead atoms. The maximum atomic E-state index is 11.1. The first kappa shape index (κ1) is 10.4. The van der Waals surface area contributed by atoms with Gasteiger partial charge in [0, 0.05) is 0 Å². The van der Waals surface area contributed by atoms with Gasteiger partial charge in [-0.3, -0.25) is 4.57 Å². The molecule has 0 saturated heterocycles. The summed E-state index contributed by atoms with van der Waals surface area (Å²) in [5.41, 5.74) is 0. The van der Waals surface area contributed by atoms with E-state index >= 15 is 0 Å². The molecule has 10 heavy (non-hydrogen) atoms. The third-order valence-corrected chi connectivity index (χ3v) is 3.59. The number of nitrogens with zero attached hydrogens (tertiary/aromatic N) is 1. The second-order valence-electron chi connectivity index (χ2n) is 2.13. The molecule has 0 heterocycles. The van der Waals surface area contributed by atoms with Gasteiger partial charge in [0.15, 0.2) is 0 Å². The Morgan fingerprint density at radius 1 is 1.60 bits per heavy atom. The standard InChI is InChI=1S/C5H13ClNO2P/c1-4-5-9-10(6,8)7(2)3/h4-5H2,1-3H3. The van der Waals surface area contributed by atoms with Crippen LogP contribution in [-0.4, -0.2) is 25.4 Å². The fraction of sp³-hybridized carbons (Fsp3) is 1.00. The lowest BCUT2D eigenvalue weighted by atomic mass is 10.5. The van der Waals surface area contributed by atoms with Crippen LogP contribution in [0.2, 0.25) is 0 Å². The van der Waals surface area contributed by atoms with E-state index in [1.54, 1.807) is 14.1 Å². The van der Waals surface area contributed by atoms with Gasteiger partial charge in [0.2, 0.25) is 0 Å². The minimum atomic E-state index is -2.98. The molecule has 0 aromatic rings. The zero-order chi connectivity index (χ0) is 8.20. The van der Waals surface area contributed by atoms with E-state index in [1.807, 2.05) is 6.92 Å². The van der Waals surface area contributed by atoms with Gasteiger partial charge in [0.05, 0.1) is 6.61 Å². The van der Waals surface area contributed by atoms with Crippen molar-refractivity contribution in [3.8, 4) is 0 Å². The van der Waals surface area contributed by atoms with Crippen LogP contribution in [0, 0.1) is 0 Å². The first-order chi connectivity index (χ1) is 4.50. The fourth-order valence-corrected chi connectivity index (χ4v) is 1.17. The summed E-state index contributed by atoms with van der Waals surface area (Å²) in [6.07, 6.45) is 0.824. The third-order valence-electron chi connectivity index (χ3n) is 0.932. The van der Waals surface area contributed by atoms with Crippen LogP contribution in [0.4, 0.5) is 0 Å². The van der Waals surface area contributed by atoms with E-state index in [1.165, 1.54) is 4.67 Å². The van der Waals surface area contributed by atoms with E-state index in [0.717, 1.165) is 6.42 Å². The van der Waals surface area contributed by atoms with Gasteiger partial charge >= 0.3 is 6.87 Å². The van der Waals surface area contributed by atoms with Gasteiger partial charge < -0.3 is 4.52 Å². The molecule has 0 spiro atoms. The smallest absolute Gasteiger partial charge is 0.306 e. The van der Waals surface area contributed by atoms with Crippen LogP contribution in [0.3, 0.4) is 0 Å². The number of rotatable bonds is 4. The van der Waals surface area contributed by atoms with Crippen molar-refractivity contribution in [2.75, 3.05) is 20.7 Å². The highest BCUT2D eigenvalue weighted by Gasteiger charge is 2.21. The van der Waals surface area contributed by atoms with Crippen LogP contribution in [0.25, 0.3) is 0 Å². The Hall–Kier alpha value is 0.440. The molecule has 5 heteroatoms. The molecule has 1 atom stereocenters. The molecule has 0 aliphatic carbocycles. The Morgan fingerprint density at radius 3 is 2.40 bits per heavy atom. The number of hydrogen-bond acceptors (Lipinski definition) is 2. The highest BCUT2D eigenvalue weighted by Crippen LogP contribution is 2.53. The molecule has 0 radical (unpaired) electrons. The van der Waals surface area contributed by atoms with E-state index in [9.17, 15) is 4.57 Å². The zero-order valence-electron chi connectivity index (χ0n) is 6.50. The van der Waals surface area contributed by atoms with Crippen LogP contribution in [0.15, 0.2) is 0 Å². The number of hydrogen-bond donors (Lipinski definition) is 0. The van der Waals surface area contributed by atoms with E-state index in [0.29, 0.717) is 6.61 Å². The van der Waals surface area contributed by atoms with Crippen molar-refractivity contribution in [2.45, 2.75) is 13.3 Å². The Bertz CT molecular complexity index is 140. The summed E-state index contributed by atoms with van der Waals surface area (Å²) < 4.78 is 17.4. The van der Waals surface area contributed by atoms with Crippen molar-refractivity contribution in [2.24, 2.45) is 0 Å². The van der Waals surface area contributed by atoms with Gasteiger partial charge in [0.25, 0.3) is 0 Å². The molecule has 0 amide bonds. The summed E-state index contributed by atoms with van der Waals surface area (Å²) in [7, 11) is 3.26. The van der Waals surface area contributed by atoms with Crippen LogP contribution in [0.1, 0.15) is 13.3 Å². The SMILES string of the molecule is CCCOP(=O)(Cl)N(C)C. The van der Waals surface area contributed by atoms with E-state index in [-0.39, 0.29) is 0 Å². The van der Waals surface area contributed by atoms with Crippen molar-refractivity contribution < 1.29 is 9.09 Å². The highest BCUT2D eigenvalue weighted by molar-refractivity contribution is 7.83. The zero-order valence-corrected chi connectivity index (χ0v) is 8.15. The quantitative estimate of drug-likeness (QED) is 0.630. The van der Waals surface area contributed by atoms with Gasteiger partial charge in [-0.2, -0.15) is 0 Å². The maximum Gasteiger partial charge on any atom is 0.362 e. The monoisotopic (exact) mass is 185 g/mol. The third kappa shape index (κ3) is 3.57. The van der Waals surface area contributed by atoms with Crippen molar-refractivity contribution in [1.29, 1.82) is 0 Å². The second kappa shape index (κ2) is 4.35. The summed E-state index contributed by atoms with van der Waals surface area (Å²) in [5.74, 6) is 0. The summed E-state index contributed by atoms with van der Waals surface area (Å²) in [6, 6.07) is 0. The lowest BCUT2D eigenvalue weighted by molar-refractivity contribution is 0.294. The topological polar surface area (TPSA) is 29.5 Å². The highest BCUT2D eigenvalue weighted by atomic mass is 35.7. The summed E-state index contributed by atoms with van der Waals surface area (Å²) >= 11 is 5.51. The Labute approximate surface area is 66.6 Å². The molecule has 0 aliphatic rings. The van der Waals surface area contributed by atoms with Crippen LogP contribution in [-0.2, 0) is 9.09 Å². The van der Waals surface area contributed by atoms with Crippen molar-refractivity contribution in [3.63, 3.8) is 0 Å². The molecular weight excluding hydrogens is 172 g/mol. The van der Waals surface area contributed by atoms with Crippen molar-refractivity contribution in [3.05, 3.63) is 0 Å². The minimum absolute atomic E-state index is 0.443. The lowest BCUT2D eigenvalue weighted by Gasteiger charge is -2.16. The summed E-state index contributed by atoms with van der Waals surface area (Å²) in [6.45, 7) is -0.595. The largest absolute Gasteiger partial charge is 0.362 e. The first-order valence-corrected chi connectivity index (χ1v) is 5.61. The Balaban J connectivity index is 3.76. The molecule has 0 aromatic carbocycles. The molecule has 0 aromatic heterocycles. The first-order valence-electron chi connectivity index (χ1n) is 3.12. The van der Waals surface area contributed by atoms with E-state index < -0.39 is 6.87 Å². The molecule has 1 unspecified atom stereocenters. The summed E-state index contributed by atoms with van der Waals surface area (Å²) in [5, 5.41) is 0. The summed E-state index contributed by atoms with van der Waals surface area (Å²) in [4.78, 5) is 0. The fourth-order valence-electron chi connectivity index (χ4n) is 0.319. The van der Waals surface area contributed by atoms with Gasteiger partial charge in [-0.05, 0) is 31.8 Å². The molecule has 0 fully saturated rings. The average molecular weight is 186 g/mol. The average Bonchev–Trinajstić information content (AvgIpc) is 1.84. The molecule has 0 rings (SSSR count). The van der Waals surface area contributed by atoms with E-state index in [4.69, 9.17) is 15.8 Å². The maximum absolute atomic E-state index is 11.1. The predicted molar refractivity (Wildman–Crippen MR) is 43.4 cm³/mol. The van der Waals surface area contributed by atoms with Gasteiger partial charge in [-0.25, -0.2) is 4.67 Å². The molecule has 62 valence electrons. The Kier molecular flexibility index (Phi) is 4.54. The van der Waals surface area contributed by atoms with Crippen molar-refractivity contribution >= 4 is 18.1 Å². The molecule has 3 nitrogen and oxygen atoms in total. The molecule has 0 N–H and O–H groups in total. The van der Waals surface area contributed by atoms with Gasteiger partial charge in [-0.1, -0.05) is 6.92 Å². The lowest BCUT2D eigenvalue weighted by Crippen LogP contribution is -2.06. The van der Waals surface area contributed by atoms with Gasteiger partial charge in [-0.15, -0.1) is 0 Å². The van der Waals surface area contributed by atoms with Crippen LogP contribution in [0.5, 0.6) is 0 Å². The van der Waals surface area contributed by atoms with Gasteiger partial charge in [0.1, 0.15) is 0 Å².